The zero-order valence-corrected chi connectivity index (χ0v) is 9.93. The van der Waals surface area contributed by atoms with Crippen LogP contribution in [0.4, 0.5) is 4.79 Å². The number of carbonyl (C=O) groups is 2. The maximum Gasteiger partial charge on any atom is 0.328 e. The first-order chi connectivity index (χ1) is 8.52. The molecular weight excluding hydrogens is 236 g/mol. The first-order valence-corrected chi connectivity index (χ1v) is 5.20. The Morgan fingerprint density at radius 1 is 1.39 bits per heavy atom. The smallest absolute Gasteiger partial charge is 0.328 e. The van der Waals surface area contributed by atoms with Crippen LogP contribution >= 0.6 is 0 Å². The van der Waals surface area contributed by atoms with Gasteiger partial charge in [0.2, 0.25) is 0 Å². The first-order valence-electron chi connectivity index (χ1n) is 5.20. The molecule has 0 radical (unpaired) electrons. The van der Waals surface area contributed by atoms with Crippen LogP contribution in [0, 0.1) is 0 Å². The summed E-state index contributed by atoms with van der Waals surface area (Å²) in [7, 11) is 2.84. The van der Waals surface area contributed by atoms with E-state index in [-0.39, 0.29) is 11.4 Å². The minimum absolute atomic E-state index is 0.0306. The van der Waals surface area contributed by atoms with E-state index >= 15 is 0 Å². The van der Waals surface area contributed by atoms with E-state index in [0.29, 0.717) is 11.3 Å². The van der Waals surface area contributed by atoms with Gasteiger partial charge in [0, 0.05) is 7.05 Å². The lowest BCUT2D eigenvalue weighted by atomic mass is 10.1. The Morgan fingerprint density at radius 2 is 2.11 bits per heavy atom. The standard InChI is InChI=1S/C12H12N2O4/c1-14-11(16)8(13-12(14)17)5-7-3-4-10(18-2)9(15)6-7/h3-6,15H,1-2H3,(H,13,17)/b8-5+. The highest BCUT2D eigenvalue weighted by molar-refractivity contribution is 6.13. The third kappa shape index (κ3) is 2.00. The summed E-state index contributed by atoms with van der Waals surface area (Å²) in [5.74, 6) is -0.0941. The lowest BCUT2D eigenvalue weighted by molar-refractivity contribution is -0.121. The van der Waals surface area contributed by atoms with Crippen LogP contribution in [0.2, 0.25) is 0 Å². The van der Waals surface area contributed by atoms with Crippen LogP contribution in [0.5, 0.6) is 11.5 Å². The van der Waals surface area contributed by atoms with Gasteiger partial charge in [0.15, 0.2) is 11.5 Å². The quantitative estimate of drug-likeness (QED) is 0.602. The van der Waals surface area contributed by atoms with Crippen LogP contribution in [0.15, 0.2) is 23.9 Å². The van der Waals surface area contributed by atoms with Gasteiger partial charge in [-0.15, -0.1) is 0 Å². The molecule has 18 heavy (non-hydrogen) atoms. The second-order valence-corrected chi connectivity index (χ2v) is 3.78. The molecule has 6 nitrogen and oxygen atoms in total. The van der Waals surface area contributed by atoms with Crippen molar-refractivity contribution in [3.8, 4) is 11.5 Å². The van der Waals surface area contributed by atoms with Gasteiger partial charge in [-0.3, -0.25) is 9.69 Å². The Hall–Kier alpha value is -2.50. The van der Waals surface area contributed by atoms with Crippen molar-refractivity contribution in [1.82, 2.24) is 10.2 Å². The van der Waals surface area contributed by atoms with Crippen molar-refractivity contribution in [3.05, 3.63) is 29.5 Å². The molecule has 3 amide bonds. The van der Waals surface area contributed by atoms with E-state index in [1.54, 1.807) is 12.1 Å². The molecule has 0 saturated carbocycles. The minimum atomic E-state index is -0.469. The summed E-state index contributed by atoms with van der Waals surface area (Å²) in [4.78, 5) is 23.8. The molecule has 1 saturated heterocycles. The lowest BCUT2D eigenvalue weighted by Gasteiger charge is -2.04. The van der Waals surface area contributed by atoms with Crippen molar-refractivity contribution < 1.29 is 19.4 Å². The number of urea groups is 1. The van der Waals surface area contributed by atoms with Crippen LogP contribution in [0.1, 0.15) is 5.56 Å². The molecule has 1 heterocycles. The number of imide groups is 1. The molecule has 1 fully saturated rings. The monoisotopic (exact) mass is 248 g/mol. The van der Waals surface area contributed by atoms with Crippen LogP contribution in [-0.2, 0) is 4.79 Å². The number of phenols is 1. The van der Waals surface area contributed by atoms with Gasteiger partial charge in [0.05, 0.1) is 7.11 Å². The molecule has 0 aromatic heterocycles. The summed E-state index contributed by atoms with van der Waals surface area (Å²) in [5, 5.41) is 12.0. The molecular formula is C12H12N2O4. The summed E-state index contributed by atoms with van der Waals surface area (Å²) in [5.41, 5.74) is 0.763. The maximum absolute atomic E-state index is 11.6. The Balaban J connectivity index is 2.32. The molecule has 2 rings (SSSR count). The van der Waals surface area contributed by atoms with E-state index < -0.39 is 11.9 Å². The third-order valence-corrected chi connectivity index (χ3v) is 2.60. The number of carbonyl (C=O) groups excluding carboxylic acids is 2. The van der Waals surface area contributed by atoms with Crippen LogP contribution in [-0.4, -0.2) is 36.1 Å². The van der Waals surface area contributed by atoms with E-state index in [4.69, 9.17) is 4.74 Å². The van der Waals surface area contributed by atoms with E-state index in [9.17, 15) is 14.7 Å². The molecule has 0 unspecified atom stereocenters. The molecule has 1 aliphatic rings. The molecule has 0 bridgehead atoms. The number of likely N-dealkylation sites (N-methyl/N-ethyl adjacent to an activating group) is 1. The summed E-state index contributed by atoms with van der Waals surface area (Å²) >= 11 is 0. The second-order valence-electron chi connectivity index (χ2n) is 3.78. The van der Waals surface area contributed by atoms with Gasteiger partial charge in [-0.05, 0) is 23.8 Å². The van der Waals surface area contributed by atoms with Gasteiger partial charge >= 0.3 is 6.03 Å². The first kappa shape index (κ1) is 12.0. The predicted molar refractivity (Wildman–Crippen MR) is 63.9 cm³/mol. The van der Waals surface area contributed by atoms with Crippen molar-refractivity contribution >= 4 is 18.0 Å². The number of nitrogens with one attached hydrogen (secondary N) is 1. The van der Waals surface area contributed by atoms with Gasteiger partial charge in [-0.1, -0.05) is 6.07 Å². The van der Waals surface area contributed by atoms with E-state index in [1.165, 1.54) is 26.3 Å². The number of phenolic OH excluding ortho intramolecular Hbond substituents is 1. The normalized spacial score (nSPS) is 17.2. The number of hydrogen-bond acceptors (Lipinski definition) is 4. The van der Waals surface area contributed by atoms with Crippen LogP contribution in [0.3, 0.4) is 0 Å². The van der Waals surface area contributed by atoms with E-state index in [2.05, 4.69) is 5.32 Å². The molecule has 2 N–H and O–H groups in total. The van der Waals surface area contributed by atoms with Crippen molar-refractivity contribution in [2.75, 3.05) is 14.2 Å². The number of ether oxygens (including phenoxy) is 1. The molecule has 94 valence electrons. The number of hydrogen-bond donors (Lipinski definition) is 2. The maximum atomic E-state index is 11.6. The minimum Gasteiger partial charge on any atom is -0.504 e. The zero-order valence-electron chi connectivity index (χ0n) is 9.93. The van der Waals surface area contributed by atoms with Gasteiger partial charge in [-0.2, -0.15) is 0 Å². The zero-order chi connectivity index (χ0) is 13.3. The van der Waals surface area contributed by atoms with Crippen molar-refractivity contribution in [3.63, 3.8) is 0 Å². The molecule has 6 heteroatoms. The van der Waals surface area contributed by atoms with Gasteiger partial charge in [0.1, 0.15) is 5.70 Å². The Kier molecular flexibility index (Phi) is 2.93. The highest BCUT2D eigenvalue weighted by atomic mass is 16.5. The molecule has 1 aliphatic heterocycles. The third-order valence-electron chi connectivity index (χ3n) is 2.60. The Morgan fingerprint density at radius 3 is 2.61 bits per heavy atom. The van der Waals surface area contributed by atoms with Crippen molar-refractivity contribution in [2.24, 2.45) is 0 Å². The predicted octanol–water partition coefficient (Wildman–Crippen LogP) is 0.923. The van der Waals surface area contributed by atoms with E-state index in [0.717, 1.165) is 4.90 Å². The SMILES string of the molecule is COc1ccc(/C=C2/NC(=O)N(C)C2=O)cc1O. The summed E-state index contributed by atoms with van der Waals surface area (Å²) in [6.07, 6.45) is 1.49. The highest BCUT2D eigenvalue weighted by Gasteiger charge is 2.29. The molecule has 0 spiro atoms. The number of amides is 3. The average Bonchev–Trinajstić information content (AvgIpc) is 2.57. The largest absolute Gasteiger partial charge is 0.504 e. The number of methoxy groups -OCH3 is 1. The number of aromatic hydroxyl groups is 1. The second kappa shape index (κ2) is 4.40. The van der Waals surface area contributed by atoms with Crippen LogP contribution in [0.25, 0.3) is 6.08 Å². The average molecular weight is 248 g/mol. The highest BCUT2D eigenvalue weighted by Crippen LogP contribution is 2.27. The summed E-state index contributed by atoms with van der Waals surface area (Å²) in [6.45, 7) is 0. The Bertz CT molecular complexity index is 551. The molecule has 1 aromatic carbocycles. The van der Waals surface area contributed by atoms with Crippen LogP contribution < -0.4 is 10.1 Å². The summed E-state index contributed by atoms with van der Waals surface area (Å²) < 4.78 is 4.91. The number of nitrogens with zero attached hydrogens (tertiary/aromatic N) is 1. The fraction of sp³-hybridized carbons (Fsp3) is 0.167. The molecule has 0 aliphatic carbocycles. The molecule has 0 atom stereocenters. The summed E-state index contributed by atoms with van der Waals surface area (Å²) in [6, 6.07) is 4.23. The van der Waals surface area contributed by atoms with Crippen molar-refractivity contribution in [1.29, 1.82) is 0 Å². The van der Waals surface area contributed by atoms with E-state index in [1.807, 2.05) is 0 Å². The fourth-order valence-corrected chi connectivity index (χ4v) is 1.59. The topological polar surface area (TPSA) is 78.9 Å². The number of benzene rings is 1. The van der Waals surface area contributed by atoms with Gasteiger partial charge < -0.3 is 15.2 Å². The van der Waals surface area contributed by atoms with Crippen molar-refractivity contribution in [2.45, 2.75) is 0 Å². The molecule has 1 aromatic rings. The van der Waals surface area contributed by atoms with Gasteiger partial charge in [-0.25, -0.2) is 4.79 Å². The fourth-order valence-electron chi connectivity index (χ4n) is 1.59. The Labute approximate surface area is 103 Å². The lowest BCUT2D eigenvalue weighted by Crippen LogP contribution is -2.25. The van der Waals surface area contributed by atoms with Gasteiger partial charge in [0.25, 0.3) is 5.91 Å². The number of rotatable bonds is 2.